The predicted molar refractivity (Wildman–Crippen MR) is 72.6 cm³/mol. The maximum atomic E-state index is 3.75. The van der Waals surface area contributed by atoms with E-state index in [-0.39, 0.29) is 0 Å². The molecule has 0 aromatic heterocycles. The first-order chi connectivity index (χ1) is 7.56. The molecule has 0 aliphatic heterocycles. The van der Waals surface area contributed by atoms with E-state index in [0.717, 1.165) is 36.3 Å². The molecule has 1 aliphatic carbocycles. The fraction of sp³-hybridized carbons (Fsp3) is 1.00. The summed E-state index contributed by atoms with van der Waals surface area (Å²) in [7, 11) is 0. The zero-order chi connectivity index (χ0) is 12.1. The molecule has 0 amide bonds. The van der Waals surface area contributed by atoms with Gasteiger partial charge in [-0.1, -0.05) is 47.5 Å². The normalized spacial score (nSPS) is 30.4. The van der Waals surface area contributed by atoms with Gasteiger partial charge in [0.25, 0.3) is 0 Å². The molecule has 16 heavy (non-hydrogen) atoms. The molecule has 0 heterocycles. The van der Waals surface area contributed by atoms with Crippen molar-refractivity contribution >= 4 is 0 Å². The van der Waals surface area contributed by atoms with Crippen molar-refractivity contribution in [3.8, 4) is 0 Å². The fourth-order valence-electron chi connectivity index (χ4n) is 3.08. The Morgan fingerprint density at radius 3 is 2.06 bits per heavy atom. The molecule has 2 unspecified atom stereocenters. The van der Waals surface area contributed by atoms with Gasteiger partial charge >= 0.3 is 0 Å². The van der Waals surface area contributed by atoms with Crippen molar-refractivity contribution < 1.29 is 0 Å². The first-order valence-electron chi connectivity index (χ1n) is 7.29. The summed E-state index contributed by atoms with van der Waals surface area (Å²) in [4.78, 5) is 0. The zero-order valence-corrected chi connectivity index (χ0v) is 11.9. The van der Waals surface area contributed by atoms with Crippen molar-refractivity contribution in [2.75, 3.05) is 6.54 Å². The van der Waals surface area contributed by atoms with Crippen LogP contribution in [0.25, 0.3) is 0 Å². The van der Waals surface area contributed by atoms with Gasteiger partial charge in [-0.25, -0.2) is 0 Å². The van der Waals surface area contributed by atoms with E-state index >= 15 is 0 Å². The molecule has 0 aromatic rings. The largest absolute Gasteiger partial charge is 0.314 e. The number of hydrogen-bond donors (Lipinski definition) is 1. The van der Waals surface area contributed by atoms with Crippen molar-refractivity contribution in [3.63, 3.8) is 0 Å². The average molecular weight is 225 g/mol. The summed E-state index contributed by atoms with van der Waals surface area (Å²) in [5.41, 5.74) is 0. The van der Waals surface area contributed by atoms with Crippen molar-refractivity contribution in [1.29, 1.82) is 0 Å². The Morgan fingerprint density at radius 2 is 1.62 bits per heavy atom. The Kier molecular flexibility index (Phi) is 5.82. The summed E-state index contributed by atoms with van der Waals surface area (Å²) in [5, 5.41) is 3.75. The van der Waals surface area contributed by atoms with Crippen molar-refractivity contribution in [2.24, 2.45) is 23.7 Å². The lowest BCUT2D eigenvalue weighted by atomic mass is 9.73. The highest BCUT2D eigenvalue weighted by Gasteiger charge is 2.30. The zero-order valence-electron chi connectivity index (χ0n) is 11.9. The highest BCUT2D eigenvalue weighted by molar-refractivity contribution is 4.85. The summed E-state index contributed by atoms with van der Waals surface area (Å²) in [6.07, 6.45) is 5.76. The highest BCUT2D eigenvalue weighted by Crippen LogP contribution is 2.34. The maximum Gasteiger partial charge on any atom is 0.0123 e. The van der Waals surface area contributed by atoms with Crippen LogP contribution in [-0.4, -0.2) is 12.6 Å². The Bertz CT molecular complexity index is 180. The SMILES string of the molecule is CCNC(C1CCC(C)CC1)C(C)C(C)C. The minimum Gasteiger partial charge on any atom is -0.314 e. The minimum absolute atomic E-state index is 0.748. The van der Waals surface area contributed by atoms with E-state index in [1.807, 2.05) is 0 Å². The van der Waals surface area contributed by atoms with Gasteiger partial charge in [-0.2, -0.15) is 0 Å². The topological polar surface area (TPSA) is 12.0 Å². The first kappa shape index (κ1) is 14.0. The third kappa shape index (κ3) is 3.76. The fourth-order valence-corrected chi connectivity index (χ4v) is 3.08. The second kappa shape index (κ2) is 6.64. The first-order valence-corrected chi connectivity index (χ1v) is 7.29. The highest BCUT2D eigenvalue weighted by atomic mass is 14.9. The van der Waals surface area contributed by atoms with E-state index in [2.05, 4.69) is 39.9 Å². The van der Waals surface area contributed by atoms with Gasteiger partial charge in [0.05, 0.1) is 0 Å². The molecule has 0 aromatic carbocycles. The molecule has 1 fully saturated rings. The van der Waals surface area contributed by atoms with Crippen LogP contribution >= 0.6 is 0 Å². The van der Waals surface area contributed by atoms with Gasteiger partial charge in [-0.3, -0.25) is 0 Å². The molecule has 0 saturated heterocycles. The van der Waals surface area contributed by atoms with E-state index in [1.165, 1.54) is 25.7 Å². The van der Waals surface area contributed by atoms with Crippen LogP contribution in [0.5, 0.6) is 0 Å². The van der Waals surface area contributed by atoms with Crippen molar-refractivity contribution in [3.05, 3.63) is 0 Å². The third-order valence-corrected chi connectivity index (χ3v) is 4.63. The molecule has 1 heteroatoms. The monoisotopic (exact) mass is 225 g/mol. The molecule has 0 spiro atoms. The van der Waals surface area contributed by atoms with Crippen molar-refractivity contribution in [2.45, 2.75) is 66.3 Å². The van der Waals surface area contributed by atoms with Crippen LogP contribution in [0.2, 0.25) is 0 Å². The van der Waals surface area contributed by atoms with E-state index in [9.17, 15) is 0 Å². The van der Waals surface area contributed by atoms with E-state index < -0.39 is 0 Å². The van der Waals surface area contributed by atoms with Gasteiger partial charge < -0.3 is 5.32 Å². The number of rotatable bonds is 5. The molecule has 0 radical (unpaired) electrons. The van der Waals surface area contributed by atoms with E-state index in [4.69, 9.17) is 0 Å². The summed E-state index contributed by atoms with van der Waals surface area (Å²) < 4.78 is 0. The lowest BCUT2D eigenvalue weighted by Crippen LogP contribution is -2.44. The second-order valence-electron chi connectivity index (χ2n) is 6.21. The summed E-state index contributed by atoms with van der Waals surface area (Å²) in [6.45, 7) is 12.9. The number of hydrogen-bond acceptors (Lipinski definition) is 1. The predicted octanol–water partition coefficient (Wildman–Crippen LogP) is 4.08. The average Bonchev–Trinajstić information content (AvgIpc) is 2.26. The molecular weight excluding hydrogens is 194 g/mol. The van der Waals surface area contributed by atoms with Crippen LogP contribution in [0.4, 0.5) is 0 Å². The van der Waals surface area contributed by atoms with E-state index in [0.29, 0.717) is 0 Å². The van der Waals surface area contributed by atoms with E-state index in [1.54, 1.807) is 0 Å². The molecule has 1 saturated carbocycles. The summed E-state index contributed by atoms with van der Waals surface area (Å²) >= 11 is 0. The van der Waals surface area contributed by atoms with Gasteiger partial charge in [0, 0.05) is 6.04 Å². The second-order valence-corrected chi connectivity index (χ2v) is 6.21. The third-order valence-electron chi connectivity index (χ3n) is 4.63. The van der Waals surface area contributed by atoms with Gasteiger partial charge in [0.2, 0.25) is 0 Å². The van der Waals surface area contributed by atoms with Gasteiger partial charge in [0.1, 0.15) is 0 Å². The van der Waals surface area contributed by atoms with Crippen LogP contribution in [0.15, 0.2) is 0 Å². The summed E-state index contributed by atoms with van der Waals surface area (Å²) in [6, 6.07) is 0.748. The molecular formula is C15H31N. The van der Waals surface area contributed by atoms with Crippen molar-refractivity contribution in [1.82, 2.24) is 5.32 Å². The van der Waals surface area contributed by atoms with Crippen LogP contribution in [0.1, 0.15) is 60.3 Å². The van der Waals surface area contributed by atoms with Gasteiger partial charge in [0.15, 0.2) is 0 Å². The Balaban J connectivity index is 2.55. The Labute approximate surface area is 102 Å². The van der Waals surface area contributed by atoms with Crippen LogP contribution in [0.3, 0.4) is 0 Å². The molecule has 0 bridgehead atoms. The smallest absolute Gasteiger partial charge is 0.0123 e. The number of nitrogens with one attached hydrogen (secondary N) is 1. The minimum atomic E-state index is 0.748. The van der Waals surface area contributed by atoms with Crippen LogP contribution < -0.4 is 5.32 Å². The molecule has 1 N–H and O–H groups in total. The Morgan fingerprint density at radius 1 is 1.06 bits per heavy atom. The maximum absolute atomic E-state index is 3.75. The van der Waals surface area contributed by atoms with Gasteiger partial charge in [-0.05, 0) is 43.1 Å². The van der Waals surface area contributed by atoms with Crippen LogP contribution in [0, 0.1) is 23.7 Å². The summed E-state index contributed by atoms with van der Waals surface area (Å²) in [5.74, 6) is 3.49. The lowest BCUT2D eigenvalue weighted by Gasteiger charge is -2.38. The standard InChI is InChI=1S/C15H31N/c1-6-16-15(13(5)11(2)3)14-9-7-12(4)8-10-14/h11-16H,6-10H2,1-5H3. The lowest BCUT2D eigenvalue weighted by molar-refractivity contribution is 0.167. The molecule has 1 nitrogen and oxygen atoms in total. The van der Waals surface area contributed by atoms with Crippen LogP contribution in [-0.2, 0) is 0 Å². The molecule has 1 rings (SSSR count). The Hall–Kier alpha value is -0.0400. The molecule has 2 atom stereocenters. The molecule has 96 valence electrons. The molecule has 1 aliphatic rings. The van der Waals surface area contributed by atoms with Gasteiger partial charge in [-0.15, -0.1) is 0 Å². The quantitative estimate of drug-likeness (QED) is 0.743.